The van der Waals surface area contributed by atoms with Crippen molar-refractivity contribution >= 4 is 0 Å². The number of nitrogens with zero attached hydrogens (tertiary/aromatic N) is 2. The first-order valence-corrected chi connectivity index (χ1v) is 6.89. The molecule has 0 aromatic carbocycles. The van der Waals surface area contributed by atoms with Crippen LogP contribution in [0.3, 0.4) is 0 Å². The van der Waals surface area contributed by atoms with E-state index in [1.54, 1.807) is 0 Å². The number of nitrogens with two attached hydrogens (primary N) is 1. The highest BCUT2D eigenvalue weighted by Gasteiger charge is 2.29. The zero-order valence-electron chi connectivity index (χ0n) is 10.9. The molecular weight excluding hydrogens is 198 g/mol. The minimum absolute atomic E-state index is 0.341. The minimum atomic E-state index is 0.341. The highest BCUT2D eigenvalue weighted by atomic mass is 15.3. The fraction of sp³-hybridized carbons (Fsp3) is 1.00. The van der Waals surface area contributed by atoms with Crippen LogP contribution in [0.5, 0.6) is 0 Å². The predicted octanol–water partition coefficient (Wildman–Crippen LogP) is 1.14. The molecule has 2 unspecified atom stereocenters. The van der Waals surface area contributed by atoms with Gasteiger partial charge in [0.05, 0.1) is 0 Å². The summed E-state index contributed by atoms with van der Waals surface area (Å²) in [4.78, 5) is 5.28. The molecule has 2 N–H and O–H groups in total. The van der Waals surface area contributed by atoms with Crippen molar-refractivity contribution in [3.8, 4) is 0 Å². The minimum Gasteiger partial charge on any atom is -0.326 e. The molecule has 2 aliphatic heterocycles. The molecule has 0 spiro atoms. The maximum Gasteiger partial charge on any atom is 0.0223 e. The van der Waals surface area contributed by atoms with Crippen LogP contribution in [-0.4, -0.2) is 54.6 Å². The Hall–Kier alpha value is -0.120. The maximum absolute atomic E-state index is 6.18. The zero-order chi connectivity index (χ0) is 11.5. The van der Waals surface area contributed by atoms with Gasteiger partial charge in [-0.05, 0) is 44.8 Å². The molecule has 94 valence electrons. The van der Waals surface area contributed by atoms with Crippen molar-refractivity contribution in [2.24, 2.45) is 11.7 Å². The van der Waals surface area contributed by atoms with E-state index in [1.165, 1.54) is 45.4 Å². The van der Waals surface area contributed by atoms with E-state index in [0.29, 0.717) is 12.0 Å². The lowest BCUT2D eigenvalue weighted by molar-refractivity contribution is 0.203. The number of hydrogen-bond acceptors (Lipinski definition) is 3. The molecule has 0 bridgehead atoms. The van der Waals surface area contributed by atoms with Gasteiger partial charge in [-0.2, -0.15) is 0 Å². The summed E-state index contributed by atoms with van der Waals surface area (Å²) in [7, 11) is 0. The van der Waals surface area contributed by atoms with Crippen LogP contribution in [0.15, 0.2) is 0 Å². The van der Waals surface area contributed by atoms with E-state index in [-0.39, 0.29) is 0 Å². The predicted molar refractivity (Wildman–Crippen MR) is 68.5 cm³/mol. The zero-order valence-corrected chi connectivity index (χ0v) is 10.9. The average Bonchev–Trinajstić information content (AvgIpc) is 2.57. The second-order valence-electron chi connectivity index (χ2n) is 5.85. The molecular formula is C13H27N3. The summed E-state index contributed by atoms with van der Waals surface area (Å²) in [5.74, 6) is 0.600. The average molecular weight is 225 g/mol. The van der Waals surface area contributed by atoms with Gasteiger partial charge in [-0.25, -0.2) is 0 Å². The second-order valence-corrected chi connectivity index (χ2v) is 5.85. The van der Waals surface area contributed by atoms with Gasteiger partial charge in [-0.3, -0.25) is 4.90 Å². The quantitative estimate of drug-likeness (QED) is 0.782. The SMILES string of the molecule is CC(C)C(N)CN1CCCN2CCCC2C1. The fourth-order valence-electron chi connectivity index (χ4n) is 2.96. The van der Waals surface area contributed by atoms with E-state index in [2.05, 4.69) is 23.6 Å². The molecule has 0 aromatic heterocycles. The smallest absolute Gasteiger partial charge is 0.0223 e. The third kappa shape index (κ3) is 2.96. The summed E-state index contributed by atoms with van der Waals surface area (Å²) in [6.45, 7) is 10.7. The lowest BCUT2D eigenvalue weighted by Gasteiger charge is -2.28. The lowest BCUT2D eigenvalue weighted by Crippen LogP contribution is -2.44. The normalized spacial score (nSPS) is 30.4. The Labute approximate surface area is 100.0 Å². The molecule has 3 nitrogen and oxygen atoms in total. The van der Waals surface area contributed by atoms with Crippen molar-refractivity contribution in [1.82, 2.24) is 9.80 Å². The van der Waals surface area contributed by atoms with Crippen molar-refractivity contribution < 1.29 is 0 Å². The molecule has 2 heterocycles. The first-order chi connectivity index (χ1) is 7.66. The first-order valence-electron chi connectivity index (χ1n) is 6.89. The molecule has 0 aliphatic carbocycles. The van der Waals surface area contributed by atoms with Gasteiger partial charge in [0.1, 0.15) is 0 Å². The van der Waals surface area contributed by atoms with Crippen LogP contribution in [0.4, 0.5) is 0 Å². The summed E-state index contributed by atoms with van der Waals surface area (Å²) in [6, 6.07) is 1.16. The van der Waals surface area contributed by atoms with Gasteiger partial charge in [0.25, 0.3) is 0 Å². The monoisotopic (exact) mass is 225 g/mol. The van der Waals surface area contributed by atoms with Gasteiger partial charge >= 0.3 is 0 Å². The molecule has 2 aliphatic rings. The molecule has 0 radical (unpaired) electrons. The van der Waals surface area contributed by atoms with Gasteiger partial charge in [0.2, 0.25) is 0 Å². The molecule has 0 saturated carbocycles. The summed E-state index contributed by atoms with van der Waals surface area (Å²) < 4.78 is 0. The number of rotatable bonds is 3. The van der Waals surface area contributed by atoms with E-state index in [1.807, 2.05) is 0 Å². The molecule has 16 heavy (non-hydrogen) atoms. The van der Waals surface area contributed by atoms with E-state index in [4.69, 9.17) is 5.73 Å². The Morgan fingerprint density at radius 1 is 1.19 bits per heavy atom. The van der Waals surface area contributed by atoms with Crippen molar-refractivity contribution in [3.63, 3.8) is 0 Å². The third-order valence-electron chi connectivity index (χ3n) is 4.21. The summed E-state index contributed by atoms with van der Waals surface area (Å²) >= 11 is 0. The highest BCUT2D eigenvalue weighted by molar-refractivity contribution is 4.86. The van der Waals surface area contributed by atoms with Crippen LogP contribution in [0.25, 0.3) is 0 Å². The summed E-state index contributed by atoms with van der Waals surface area (Å²) in [6.07, 6.45) is 4.11. The van der Waals surface area contributed by atoms with Crippen molar-refractivity contribution in [3.05, 3.63) is 0 Å². The van der Waals surface area contributed by atoms with Crippen LogP contribution in [0.1, 0.15) is 33.1 Å². The van der Waals surface area contributed by atoms with Crippen LogP contribution in [-0.2, 0) is 0 Å². The topological polar surface area (TPSA) is 32.5 Å². The number of fused-ring (bicyclic) bond motifs is 1. The van der Waals surface area contributed by atoms with E-state index >= 15 is 0 Å². The standard InChI is InChI=1S/C13H27N3/c1-11(2)13(14)10-15-6-4-8-16-7-3-5-12(16)9-15/h11-13H,3-10,14H2,1-2H3. The van der Waals surface area contributed by atoms with E-state index in [0.717, 1.165) is 12.6 Å². The molecule has 0 amide bonds. The molecule has 2 fully saturated rings. The van der Waals surface area contributed by atoms with Gasteiger partial charge in [-0.1, -0.05) is 13.8 Å². The van der Waals surface area contributed by atoms with Crippen molar-refractivity contribution in [1.29, 1.82) is 0 Å². The van der Waals surface area contributed by atoms with E-state index in [9.17, 15) is 0 Å². The van der Waals surface area contributed by atoms with Crippen LogP contribution in [0.2, 0.25) is 0 Å². The molecule has 3 heteroatoms. The Kier molecular flexibility index (Phi) is 4.22. The molecule has 0 aromatic rings. The second kappa shape index (κ2) is 5.48. The Morgan fingerprint density at radius 3 is 2.69 bits per heavy atom. The lowest BCUT2D eigenvalue weighted by atomic mass is 10.0. The van der Waals surface area contributed by atoms with Crippen LogP contribution in [0, 0.1) is 5.92 Å². The maximum atomic E-state index is 6.18. The van der Waals surface area contributed by atoms with Crippen molar-refractivity contribution in [2.45, 2.75) is 45.2 Å². The van der Waals surface area contributed by atoms with Gasteiger partial charge in [-0.15, -0.1) is 0 Å². The fourth-order valence-corrected chi connectivity index (χ4v) is 2.96. The Balaban J connectivity index is 1.85. The molecule has 2 saturated heterocycles. The Bertz CT molecular complexity index is 217. The molecule has 2 atom stereocenters. The highest BCUT2D eigenvalue weighted by Crippen LogP contribution is 2.21. The summed E-state index contributed by atoms with van der Waals surface area (Å²) in [5, 5.41) is 0. The van der Waals surface area contributed by atoms with Crippen molar-refractivity contribution in [2.75, 3.05) is 32.7 Å². The summed E-state index contributed by atoms with van der Waals surface area (Å²) in [5.41, 5.74) is 6.18. The molecule has 2 rings (SSSR count). The Morgan fingerprint density at radius 2 is 1.94 bits per heavy atom. The van der Waals surface area contributed by atoms with Crippen LogP contribution < -0.4 is 5.73 Å². The van der Waals surface area contributed by atoms with Gasteiger partial charge in [0.15, 0.2) is 0 Å². The van der Waals surface area contributed by atoms with E-state index < -0.39 is 0 Å². The third-order valence-corrected chi connectivity index (χ3v) is 4.21. The first kappa shape index (κ1) is 12.3. The number of hydrogen-bond donors (Lipinski definition) is 1. The van der Waals surface area contributed by atoms with Gasteiger partial charge < -0.3 is 10.6 Å². The van der Waals surface area contributed by atoms with Crippen LogP contribution >= 0.6 is 0 Å². The van der Waals surface area contributed by atoms with Gasteiger partial charge in [0, 0.05) is 25.2 Å². The largest absolute Gasteiger partial charge is 0.326 e.